The first-order valence-electron chi connectivity index (χ1n) is 6.60. The van der Waals surface area contributed by atoms with Crippen molar-refractivity contribution in [2.45, 2.75) is 19.3 Å². The van der Waals surface area contributed by atoms with Crippen molar-refractivity contribution < 1.29 is 4.79 Å². The summed E-state index contributed by atoms with van der Waals surface area (Å²) in [6.07, 6.45) is 5.77. The maximum absolute atomic E-state index is 12.2. The summed E-state index contributed by atoms with van der Waals surface area (Å²) < 4.78 is 0. The summed E-state index contributed by atoms with van der Waals surface area (Å²) in [5.41, 5.74) is 0.738. The van der Waals surface area contributed by atoms with Gasteiger partial charge < -0.3 is 10.2 Å². The van der Waals surface area contributed by atoms with E-state index in [1.165, 1.54) is 0 Å². The monoisotopic (exact) mass is 258 g/mol. The third-order valence-corrected chi connectivity index (χ3v) is 3.35. The highest BCUT2D eigenvalue weighted by Gasteiger charge is 2.25. The summed E-state index contributed by atoms with van der Waals surface area (Å²) in [7, 11) is 0. The van der Waals surface area contributed by atoms with Gasteiger partial charge >= 0.3 is 0 Å². The molecule has 1 aromatic heterocycles. The summed E-state index contributed by atoms with van der Waals surface area (Å²) in [5, 5.41) is 11.5. The van der Waals surface area contributed by atoms with Crippen LogP contribution in [0.3, 0.4) is 0 Å². The van der Waals surface area contributed by atoms with Crippen LogP contribution in [0.5, 0.6) is 0 Å². The zero-order valence-corrected chi connectivity index (χ0v) is 10.9. The highest BCUT2D eigenvalue weighted by molar-refractivity contribution is 5.92. The Hall–Kier alpha value is -1.93. The van der Waals surface area contributed by atoms with E-state index < -0.39 is 0 Å². The third kappa shape index (κ3) is 4.04. The Bertz CT molecular complexity index is 454. The molecule has 2 rings (SSSR count). The van der Waals surface area contributed by atoms with Crippen LogP contribution < -0.4 is 5.32 Å². The van der Waals surface area contributed by atoms with Gasteiger partial charge in [-0.15, -0.1) is 0 Å². The molecule has 1 aliphatic heterocycles. The van der Waals surface area contributed by atoms with Crippen molar-refractivity contribution in [2.75, 3.05) is 25.0 Å². The van der Waals surface area contributed by atoms with E-state index in [2.05, 4.69) is 21.3 Å². The van der Waals surface area contributed by atoms with Gasteiger partial charge in [0.15, 0.2) is 0 Å². The number of pyridine rings is 1. The van der Waals surface area contributed by atoms with Gasteiger partial charge in [-0.2, -0.15) is 5.26 Å². The zero-order valence-electron chi connectivity index (χ0n) is 10.9. The molecule has 1 saturated heterocycles. The number of carbonyl (C=O) groups excluding carboxylic acids is 1. The van der Waals surface area contributed by atoms with Crippen LogP contribution in [0, 0.1) is 17.2 Å². The number of piperidine rings is 1. The predicted molar refractivity (Wildman–Crippen MR) is 72.3 cm³/mol. The maximum Gasteiger partial charge on any atom is 0.228 e. The third-order valence-electron chi connectivity index (χ3n) is 3.35. The lowest BCUT2D eigenvalue weighted by atomic mass is 9.97. The summed E-state index contributed by atoms with van der Waals surface area (Å²) in [6.45, 7) is 2.49. The second kappa shape index (κ2) is 6.86. The average molecular weight is 258 g/mol. The van der Waals surface area contributed by atoms with E-state index in [1.54, 1.807) is 18.5 Å². The fraction of sp³-hybridized carbons (Fsp3) is 0.500. The smallest absolute Gasteiger partial charge is 0.228 e. The first-order chi connectivity index (χ1) is 9.29. The zero-order chi connectivity index (χ0) is 13.5. The Balaban J connectivity index is 1.87. The van der Waals surface area contributed by atoms with E-state index >= 15 is 0 Å². The van der Waals surface area contributed by atoms with Crippen LogP contribution in [0.15, 0.2) is 24.5 Å². The molecule has 0 radical (unpaired) electrons. The van der Waals surface area contributed by atoms with Crippen molar-refractivity contribution in [3.05, 3.63) is 24.5 Å². The van der Waals surface area contributed by atoms with Gasteiger partial charge in [-0.3, -0.25) is 9.78 Å². The van der Waals surface area contributed by atoms with Gasteiger partial charge in [0, 0.05) is 25.7 Å². The van der Waals surface area contributed by atoms with Crippen molar-refractivity contribution in [3.63, 3.8) is 0 Å². The van der Waals surface area contributed by atoms with Crippen LogP contribution in [-0.2, 0) is 4.79 Å². The summed E-state index contributed by atoms with van der Waals surface area (Å²) in [4.78, 5) is 18.3. The van der Waals surface area contributed by atoms with Gasteiger partial charge in [-0.05, 0) is 31.5 Å². The van der Waals surface area contributed by atoms with Gasteiger partial charge in [-0.1, -0.05) is 0 Å². The minimum Gasteiger partial charge on any atom is -0.324 e. The molecule has 100 valence electrons. The molecule has 5 heteroatoms. The molecule has 0 aromatic carbocycles. The number of nitriles is 1. The minimum absolute atomic E-state index is 0.00708. The predicted octanol–water partition coefficient (Wildman–Crippen LogP) is 1.65. The number of nitrogens with zero attached hydrogens (tertiary/aromatic N) is 3. The van der Waals surface area contributed by atoms with E-state index in [4.69, 9.17) is 5.26 Å². The van der Waals surface area contributed by atoms with Gasteiger partial charge in [0.2, 0.25) is 5.91 Å². The average Bonchev–Trinajstić information content (AvgIpc) is 2.46. The number of nitrogens with one attached hydrogen (secondary N) is 1. The number of hydrogen-bond acceptors (Lipinski definition) is 4. The van der Waals surface area contributed by atoms with E-state index in [-0.39, 0.29) is 11.8 Å². The Labute approximate surface area is 113 Å². The van der Waals surface area contributed by atoms with E-state index in [9.17, 15) is 4.79 Å². The molecule has 1 fully saturated rings. The van der Waals surface area contributed by atoms with Gasteiger partial charge in [0.05, 0.1) is 23.9 Å². The highest BCUT2D eigenvalue weighted by atomic mass is 16.1. The lowest BCUT2D eigenvalue weighted by molar-refractivity contribution is -0.121. The Morgan fingerprint density at radius 2 is 2.53 bits per heavy atom. The highest BCUT2D eigenvalue weighted by Crippen LogP contribution is 2.18. The summed E-state index contributed by atoms with van der Waals surface area (Å²) in [5.74, 6) is 0.0577. The topological polar surface area (TPSA) is 69.0 Å². The number of aromatic nitrogens is 1. The van der Waals surface area contributed by atoms with Crippen LogP contribution >= 0.6 is 0 Å². The van der Waals surface area contributed by atoms with Crippen LogP contribution in [0.4, 0.5) is 5.69 Å². The molecule has 19 heavy (non-hydrogen) atoms. The molecule has 1 aliphatic rings. The molecule has 1 N–H and O–H groups in total. The SMILES string of the molecule is N#CCCN1CCCC(C(=O)Nc2cccnc2)C1. The fourth-order valence-corrected chi connectivity index (χ4v) is 2.36. The van der Waals surface area contributed by atoms with Crippen LogP contribution in [0.25, 0.3) is 0 Å². The van der Waals surface area contributed by atoms with Crippen LogP contribution in [0.1, 0.15) is 19.3 Å². The van der Waals surface area contributed by atoms with E-state index in [1.807, 2.05) is 6.07 Å². The van der Waals surface area contributed by atoms with Gasteiger partial charge in [0.25, 0.3) is 0 Å². The molecule has 0 aliphatic carbocycles. The normalized spacial score (nSPS) is 19.6. The Morgan fingerprint density at radius 3 is 3.26 bits per heavy atom. The van der Waals surface area contributed by atoms with Crippen LogP contribution in [0.2, 0.25) is 0 Å². The molecular weight excluding hydrogens is 240 g/mol. The molecule has 1 unspecified atom stereocenters. The molecule has 0 spiro atoms. The van der Waals surface area contributed by atoms with Crippen molar-refractivity contribution in [3.8, 4) is 6.07 Å². The molecule has 1 aromatic rings. The van der Waals surface area contributed by atoms with Crippen molar-refractivity contribution in [1.82, 2.24) is 9.88 Å². The molecule has 2 heterocycles. The summed E-state index contributed by atoms with van der Waals surface area (Å²) >= 11 is 0. The van der Waals surface area contributed by atoms with Gasteiger partial charge in [0.1, 0.15) is 0 Å². The molecule has 0 bridgehead atoms. The second-order valence-electron chi connectivity index (χ2n) is 4.78. The molecular formula is C14H18N4O. The van der Waals surface area contributed by atoms with E-state index in [0.717, 1.165) is 38.2 Å². The standard InChI is InChI=1S/C14H18N4O/c15-6-3-9-18-8-2-4-12(11-18)14(19)17-13-5-1-7-16-10-13/h1,5,7,10,12H,2-4,8-9,11H2,(H,17,19). The lowest BCUT2D eigenvalue weighted by Crippen LogP contribution is -2.41. The van der Waals surface area contributed by atoms with Crippen molar-refractivity contribution >= 4 is 11.6 Å². The molecule has 1 amide bonds. The van der Waals surface area contributed by atoms with Crippen molar-refractivity contribution in [1.29, 1.82) is 5.26 Å². The Kier molecular flexibility index (Phi) is 4.87. The Morgan fingerprint density at radius 1 is 1.63 bits per heavy atom. The second-order valence-corrected chi connectivity index (χ2v) is 4.78. The summed E-state index contributed by atoms with van der Waals surface area (Å²) in [6, 6.07) is 5.78. The fourth-order valence-electron chi connectivity index (χ4n) is 2.36. The lowest BCUT2D eigenvalue weighted by Gasteiger charge is -2.31. The number of amides is 1. The largest absolute Gasteiger partial charge is 0.324 e. The molecule has 5 nitrogen and oxygen atoms in total. The maximum atomic E-state index is 12.2. The van der Waals surface area contributed by atoms with Crippen LogP contribution in [-0.4, -0.2) is 35.4 Å². The minimum atomic E-state index is 0.00708. The van der Waals surface area contributed by atoms with Gasteiger partial charge in [-0.25, -0.2) is 0 Å². The number of carbonyl (C=O) groups is 1. The first-order valence-corrected chi connectivity index (χ1v) is 6.60. The number of anilines is 1. The first kappa shape index (κ1) is 13.5. The quantitative estimate of drug-likeness (QED) is 0.891. The number of likely N-dealkylation sites (tertiary alicyclic amines) is 1. The number of hydrogen-bond donors (Lipinski definition) is 1. The molecule has 1 atom stereocenters. The molecule has 0 saturated carbocycles. The van der Waals surface area contributed by atoms with Crippen molar-refractivity contribution in [2.24, 2.45) is 5.92 Å². The number of rotatable bonds is 4. The van der Waals surface area contributed by atoms with E-state index in [0.29, 0.717) is 6.42 Å².